The molecule has 5 heteroatoms. The number of rotatable bonds is 4. The number of aromatic nitrogens is 2. The fourth-order valence-corrected chi connectivity index (χ4v) is 3.13. The average Bonchev–Trinajstić information content (AvgIpc) is 3.05. The van der Waals surface area contributed by atoms with Gasteiger partial charge in [-0.3, -0.25) is 4.79 Å². The maximum atomic E-state index is 12.2. The van der Waals surface area contributed by atoms with Gasteiger partial charge in [0, 0.05) is 7.11 Å². The fraction of sp³-hybridized carbons (Fsp3) is 0.714. The van der Waals surface area contributed by atoms with Crippen LogP contribution in [0.5, 0.6) is 5.88 Å². The predicted molar refractivity (Wildman–Crippen MR) is 70.2 cm³/mol. The van der Waals surface area contributed by atoms with Crippen LogP contribution in [-0.2, 0) is 4.74 Å². The largest absolute Gasteiger partial charge is 0.493 e. The van der Waals surface area contributed by atoms with Gasteiger partial charge in [-0.25, -0.2) is 0 Å². The molecule has 0 amide bonds. The first kappa shape index (κ1) is 12.7. The second-order valence-electron chi connectivity index (χ2n) is 5.66. The van der Waals surface area contributed by atoms with E-state index in [0.29, 0.717) is 17.3 Å². The lowest BCUT2D eigenvalue weighted by molar-refractivity contribution is 0.0763. The maximum absolute atomic E-state index is 12.2. The summed E-state index contributed by atoms with van der Waals surface area (Å²) in [7, 11) is 1.62. The highest BCUT2D eigenvalue weighted by atomic mass is 16.5. The van der Waals surface area contributed by atoms with Crippen molar-refractivity contribution in [3.8, 4) is 5.88 Å². The Labute approximate surface area is 112 Å². The van der Waals surface area contributed by atoms with Crippen LogP contribution in [0.1, 0.15) is 61.9 Å². The molecule has 0 radical (unpaired) electrons. The molecule has 1 heterocycles. The molecule has 1 aromatic rings. The van der Waals surface area contributed by atoms with Gasteiger partial charge in [0.05, 0.1) is 5.56 Å². The molecule has 2 fully saturated rings. The SMILES string of the molecule is COC(c1nc(O)c(C2CCCC2)c(=O)[nH]1)C1CC1. The average molecular weight is 264 g/mol. The van der Waals surface area contributed by atoms with E-state index in [0.717, 1.165) is 38.5 Å². The number of methoxy groups -OCH3 is 1. The van der Waals surface area contributed by atoms with Crippen LogP contribution in [0.2, 0.25) is 0 Å². The van der Waals surface area contributed by atoms with Gasteiger partial charge in [-0.15, -0.1) is 0 Å². The lowest BCUT2D eigenvalue weighted by Crippen LogP contribution is -2.21. The van der Waals surface area contributed by atoms with Crippen molar-refractivity contribution in [2.24, 2.45) is 5.92 Å². The molecule has 0 aliphatic heterocycles. The van der Waals surface area contributed by atoms with Crippen LogP contribution in [0.4, 0.5) is 0 Å². The maximum Gasteiger partial charge on any atom is 0.258 e. The van der Waals surface area contributed by atoms with Crippen LogP contribution in [0.25, 0.3) is 0 Å². The Hall–Kier alpha value is -1.36. The van der Waals surface area contributed by atoms with E-state index < -0.39 is 0 Å². The van der Waals surface area contributed by atoms with Gasteiger partial charge < -0.3 is 14.8 Å². The first-order valence-electron chi connectivity index (χ1n) is 7.06. The Morgan fingerprint density at radius 3 is 2.53 bits per heavy atom. The second-order valence-corrected chi connectivity index (χ2v) is 5.66. The van der Waals surface area contributed by atoms with E-state index in [4.69, 9.17) is 4.74 Å². The number of nitrogens with one attached hydrogen (secondary N) is 1. The quantitative estimate of drug-likeness (QED) is 0.874. The summed E-state index contributed by atoms with van der Waals surface area (Å²) in [6, 6.07) is 0. The summed E-state index contributed by atoms with van der Waals surface area (Å²) in [6.45, 7) is 0. The number of hydrogen-bond donors (Lipinski definition) is 2. The molecule has 0 saturated heterocycles. The zero-order valence-electron chi connectivity index (χ0n) is 11.2. The minimum atomic E-state index is -0.198. The lowest BCUT2D eigenvalue weighted by Gasteiger charge is -2.16. The Balaban J connectivity index is 1.94. The van der Waals surface area contributed by atoms with Crippen LogP contribution in [0, 0.1) is 5.92 Å². The van der Waals surface area contributed by atoms with Crippen molar-refractivity contribution in [1.82, 2.24) is 9.97 Å². The third-order valence-corrected chi connectivity index (χ3v) is 4.29. The molecule has 2 aliphatic rings. The van der Waals surface area contributed by atoms with E-state index in [9.17, 15) is 9.90 Å². The fourth-order valence-electron chi connectivity index (χ4n) is 3.13. The molecule has 2 aliphatic carbocycles. The van der Waals surface area contributed by atoms with Crippen LogP contribution in [0.15, 0.2) is 4.79 Å². The first-order valence-corrected chi connectivity index (χ1v) is 7.06. The third kappa shape index (κ3) is 2.39. The molecule has 0 bridgehead atoms. The molecule has 1 unspecified atom stereocenters. The smallest absolute Gasteiger partial charge is 0.258 e. The monoisotopic (exact) mass is 264 g/mol. The van der Waals surface area contributed by atoms with Crippen LogP contribution < -0.4 is 5.56 Å². The minimum absolute atomic E-state index is 0.103. The highest BCUT2D eigenvalue weighted by Gasteiger charge is 2.35. The summed E-state index contributed by atoms with van der Waals surface area (Å²) < 4.78 is 5.39. The van der Waals surface area contributed by atoms with E-state index in [1.54, 1.807) is 7.11 Å². The highest BCUT2D eigenvalue weighted by molar-refractivity contribution is 5.28. The molecule has 104 valence electrons. The van der Waals surface area contributed by atoms with Gasteiger partial charge in [0.15, 0.2) is 0 Å². The van der Waals surface area contributed by atoms with E-state index in [1.165, 1.54) is 0 Å². The van der Waals surface area contributed by atoms with Crippen molar-refractivity contribution in [3.05, 3.63) is 21.7 Å². The topological polar surface area (TPSA) is 75.2 Å². The molecule has 3 rings (SSSR count). The van der Waals surface area contributed by atoms with E-state index in [-0.39, 0.29) is 23.5 Å². The Morgan fingerprint density at radius 1 is 1.32 bits per heavy atom. The zero-order chi connectivity index (χ0) is 13.4. The van der Waals surface area contributed by atoms with Crippen molar-refractivity contribution in [2.45, 2.75) is 50.5 Å². The van der Waals surface area contributed by atoms with Gasteiger partial charge >= 0.3 is 0 Å². The van der Waals surface area contributed by atoms with Crippen LogP contribution in [-0.4, -0.2) is 22.2 Å². The summed E-state index contributed by atoms with van der Waals surface area (Å²) in [5.41, 5.74) is 0.268. The van der Waals surface area contributed by atoms with Crippen molar-refractivity contribution in [2.75, 3.05) is 7.11 Å². The standard InChI is InChI=1S/C14H20N2O3/c1-19-11(9-6-7-9)12-15-13(17)10(14(18)16-12)8-4-2-3-5-8/h8-9,11H,2-7H2,1H3,(H2,15,16,17,18). The Kier molecular flexibility index (Phi) is 3.31. The number of aromatic amines is 1. The molecule has 19 heavy (non-hydrogen) atoms. The molecule has 5 nitrogen and oxygen atoms in total. The summed E-state index contributed by atoms with van der Waals surface area (Å²) in [5, 5.41) is 10.1. The third-order valence-electron chi connectivity index (χ3n) is 4.29. The summed E-state index contributed by atoms with van der Waals surface area (Å²) in [5.74, 6) is 0.944. The molecule has 0 aromatic carbocycles. The summed E-state index contributed by atoms with van der Waals surface area (Å²) in [4.78, 5) is 19.2. The normalized spacial score (nSPS) is 21.7. The molecule has 0 spiro atoms. The number of hydrogen-bond acceptors (Lipinski definition) is 4. The van der Waals surface area contributed by atoms with Gasteiger partial charge in [-0.05, 0) is 37.5 Å². The zero-order valence-corrected chi connectivity index (χ0v) is 11.2. The Bertz CT molecular complexity index is 516. The molecular weight excluding hydrogens is 244 g/mol. The molecule has 1 atom stereocenters. The molecule has 1 aromatic heterocycles. The minimum Gasteiger partial charge on any atom is -0.493 e. The summed E-state index contributed by atoms with van der Waals surface area (Å²) in [6.07, 6.45) is 6.15. The van der Waals surface area contributed by atoms with E-state index in [2.05, 4.69) is 9.97 Å². The number of ether oxygens (including phenoxy) is 1. The Morgan fingerprint density at radius 2 is 2.00 bits per heavy atom. The number of aromatic hydroxyl groups is 1. The van der Waals surface area contributed by atoms with Gasteiger partial charge in [-0.2, -0.15) is 4.98 Å². The lowest BCUT2D eigenvalue weighted by atomic mass is 10.00. The molecule has 2 saturated carbocycles. The van der Waals surface area contributed by atoms with Crippen LogP contribution >= 0.6 is 0 Å². The van der Waals surface area contributed by atoms with Gasteiger partial charge in [-0.1, -0.05) is 12.8 Å². The van der Waals surface area contributed by atoms with Crippen molar-refractivity contribution < 1.29 is 9.84 Å². The van der Waals surface area contributed by atoms with Crippen molar-refractivity contribution >= 4 is 0 Å². The van der Waals surface area contributed by atoms with E-state index >= 15 is 0 Å². The predicted octanol–water partition coefficient (Wildman–Crippen LogP) is 2.23. The highest BCUT2D eigenvalue weighted by Crippen LogP contribution is 2.42. The van der Waals surface area contributed by atoms with Gasteiger partial charge in [0.25, 0.3) is 5.56 Å². The number of nitrogens with zero attached hydrogens (tertiary/aromatic N) is 1. The van der Waals surface area contributed by atoms with Crippen molar-refractivity contribution in [3.63, 3.8) is 0 Å². The summed E-state index contributed by atoms with van der Waals surface area (Å²) >= 11 is 0. The van der Waals surface area contributed by atoms with E-state index in [1.807, 2.05) is 0 Å². The van der Waals surface area contributed by atoms with Gasteiger partial charge in [0.1, 0.15) is 11.9 Å². The molecule has 2 N–H and O–H groups in total. The molecular formula is C14H20N2O3. The van der Waals surface area contributed by atoms with Gasteiger partial charge in [0.2, 0.25) is 5.88 Å². The van der Waals surface area contributed by atoms with Crippen molar-refractivity contribution in [1.29, 1.82) is 0 Å². The number of H-pyrrole nitrogens is 1. The first-order chi connectivity index (χ1) is 9.20. The second kappa shape index (κ2) is 4.96. The van der Waals surface area contributed by atoms with Crippen LogP contribution in [0.3, 0.4) is 0 Å².